The molecular weight excluding hydrogens is 426 g/mol. The lowest BCUT2D eigenvalue weighted by Crippen LogP contribution is -2.14. The van der Waals surface area contributed by atoms with Gasteiger partial charge in [0.25, 0.3) is 15.9 Å². The van der Waals surface area contributed by atoms with Crippen molar-refractivity contribution >= 4 is 50.5 Å². The molecule has 28 heavy (non-hydrogen) atoms. The molecule has 2 N–H and O–H groups in total. The maximum Gasteiger partial charge on any atom is 0.261 e. The van der Waals surface area contributed by atoms with Crippen LogP contribution >= 0.6 is 23.2 Å². The molecule has 3 aromatic rings. The van der Waals surface area contributed by atoms with Crippen LogP contribution in [0.3, 0.4) is 0 Å². The lowest BCUT2D eigenvalue weighted by atomic mass is 10.2. The van der Waals surface area contributed by atoms with Gasteiger partial charge >= 0.3 is 0 Å². The predicted molar refractivity (Wildman–Crippen MR) is 108 cm³/mol. The molecule has 3 rings (SSSR count). The van der Waals surface area contributed by atoms with Crippen molar-refractivity contribution in [3.05, 3.63) is 88.2 Å². The summed E-state index contributed by atoms with van der Waals surface area (Å²) in [6.07, 6.45) is 0. The quantitative estimate of drug-likeness (QED) is 0.575. The number of hydrogen-bond donors (Lipinski definition) is 2. The molecule has 144 valence electrons. The number of nitrogens with one attached hydrogen (secondary N) is 2. The Morgan fingerprint density at radius 2 is 1.50 bits per heavy atom. The van der Waals surface area contributed by atoms with Crippen LogP contribution in [0, 0.1) is 5.82 Å². The SMILES string of the molecule is O=C(Nc1ccc(S(=O)(=O)Nc2cc(Cl)cc(Cl)c2)cc1)c1cccc(F)c1. The molecule has 0 heterocycles. The van der Waals surface area contributed by atoms with E-state index in [2.05, 4.69) is 10.0 Å². The smallest absolute Gasteiger partial charge is 0.261 e. The van der Waals surface area contributed by atoms with Crippen molar-refractivity contribution in [2.45, 2.75) is 4.90 Å². The molecule has 0 saturated carbocycles. The van der Waals surface area contributed by atoms with Gasteiger partial charge in [-0.05, 0) is 60.7 Å². The largest absolute Gasteiger partial charge is 0.322 e. The van der Waals surface area contributed by atoms with Crippen LogP contribution in [0.25, 0.3) is 0 Å². The highest BCUT2D eigenvalue weighted by Crippen LogP contribution is 2.25. The third kappa shape index (κ3) is 5.01. The number of anilines is 2. The van der Waals surface area contributed by atoms with Gasteiger partial charge in [-0.2, -0.15) is 0 Å². The zero-order valence-electron chi connectivity index (χ0n) is 14.1. The van der Waals surface area contributed by atoms with E-state index >= 15 is 0 Å². The summed E-state index contributed by atoms with van der Waals surface area (Å²) in [4.78, 5) is 12.1. The lowest BCUT2D eigenvalue weighted by Gasteiger charge is -2.10. The van der Waals surface area contributed by atoms with Crippen LogP contribution in [-0.2, 0) is 10.0 Å². The highest BCUT2D eigenvalue weighted by Gasteiger charge is 2.15. The first-order valence-corrected chi connectivity index (χ1v) is 10.1. The molecule has 9 heteroatoms. The summed E-state index contributed by atoms with van der Waals surface area (Å²) in [5.74, 6) is -1.04. The second kappa shape index (κ2) is 8.18. The molecule has 0 spiro atoms. The summed E-state index contributed by atoms with van der Waals surface area (Å²) < 4.78 is 40.6. The third-order valence-corrected chi connectivity index (χ3v) is 5.46. The summed E-state index contributed by atoms with van der Waals surface area (Å²) in [7, 11) is -3.88. The van der Waals surface area contributed by atoms with Gasteiger partial charge in [-0.15, -0.1) is 0 Å². The van der Waals surface area contributed by atoms with Gasteiger partial charge in [0, 0.05) is 21.3 Å². The fourth-order valence-electron chi connectivity index (χ4n) is 2.38. The van der Waals surface area contributed by atoms with Crippen molar-refractivity contribution in [1.82, 2.24) is 0 Å². The summed E-state index contributed by atoms with van der Waals surface area (Å²) in [6, 6.07) is 15.1. The van der Waals surface area contributed by atoms with Crippen LogP contribution in [0.15, 0.2) is 71.6 Å². The summed E-state index contributed by atoms with van der Waals surface area (Å²) in [6.45, 7) is 0. The molecular formula is C19H13Cl2FN2O3S. The van der Waals surface area contributed by atoms with E-state index in [9.17, 15) is 17.6 Å². The van der Waals surface area contributed by atoms with Gasteiger partial charge < -0.3 is 5.32 Å². The Morgan fingerprint density at radius 3 is 2.11 bits per heavy atom. The molecule has 0 atom stereocenters. The summed E-state index contributed by atoms with van der Waals surface area (Å²) >= 11 is 11.7. The Kier molecular flexibility index (Phi) is 5.88. The number of carbonyl (C=O) groups excluding carboxylic acids is 1. The van der Waals surface area contributed by atoms with E-state index in [-0.39, 0.29) is 16.1 Å². The van der Waals surface area contributed by atoms with Gasteiger partial charge in [-0.1, -0.05) is 29.3 Å². The van der Waals surface area contributed by atoms with Crippen molar-refractivity contribution in [3.8, 4) is 0 Å². The Labute approximate surface area is 171 Å². The van der Waals surface area contributed by atoms with Crippen molar-refractivity contribution in [3.63, 3.8) is 0 Å². The van der Waals surface area contributed by atoms with Crippen LogP contribution in [0.2, 0.25) is 10.0 Å². The molecule has 0 aliphatic carbocycles. The van der Waals surface area contributed by atoms with Crippen LogP contribution < -0.4 is 10.0 Å². The minimum Gasteiger partial charge on any atom is -0.322 e. The zero-order valence-corrected chi connectivity index (χ0v) is 16.4. The molecule has 0 saturated heterocycles. The molecule has 5 nitrogen and oxygen atoms in total. The Hall–Kier alpha value is -2.61. The van der Waals surface area contributed by atoms with Crippen LogP contribution in [0.1, 0.15) is 10.4 Å². The molecule has 0 unspecified atom stereocenters. The minimum atomic E-state index is -3.88. The van der Waals surface area contributed by atoms with Gasteiger partial charge in [0.15, 0.2) is 0 Å². The molecule has 1 amide bonds. The Balaban J connectivity index is 1.75. The lowest BCUT2D eigenvalue weighted by molar-refractivity contribution is 0.102. The van der Waals surface area contributed by atoms with E-state index in [1.165, 1.54) is 60.7 Å². The van der Waals surface area contributed by atoms with Crippen LogP contribution in [0.5, 0.6) is 0 Å². The summed E-state index contributed by atoms with van der Waals surface area (Å²) in [5, 5.41) is 3.16. The van der Waals surface area contributed by atoms with Gasteiger partial charge in [0.1, 0.15) is 5.82 Å². The van der Waals surface area contributed by atoms with E-state index in [1.54, 1.807) is 0 Å². The van der Waals surface area contributed by atoms with E-state index in [4.69, 9.17) is 23.2 Å². The number of carbonyl (C=O) groups is 1. The number of amides is 1. The van der Waals surface area contributed by atoms with E-state index in [1.807, 2.05) is 0 Å². The molecule has 0 fully saturated rings. The fraction of sp³-hybridized carbons (Fsp3) is 0. The first-order chi connectivity index (χ1) is 13.2. The highest BCUT2D eigenvalue weighted by atomic mass is 35.5. The minimum absolute atomic E-state index is 0.0210. The average molecular weight is 439 g/mol. The standard InChI is InChI=1S/C19H13Cl2FN2O3S/c20-13-9-14(21)11-17(10-13)24-28(26,27)18-6-4-16(5-7-18)23-19(25)12-2-1-3-15(22)8-12/h1-11,24H,(H,23,25). The second-order valence-electron chi connectivity index (χ2n) is 5.75. The highest BCUT2D eigenvalue weighted by molar-refractivity contribution is 7.92. The topological polar surface area (TPSA) is 75.3 Å². The van der Waals surface area contributed by atoms with Crippen molar-refractivity contribution in [1.29, 1.82) is 0 Å². The van der Waals surface area contributed by atoms with Gasteiger partial charge in [0.05, 0.1) is 10.6 Å². The van der Waals surface area contributed by atoms with E-state index in [0.717, 1.165) is 6.07 Å². The molecule has 0 bridgehead atoms. The monoisotopic (exact) mass is 438 g/mol. The van der Waals surface area contributed by atoms with Crippen LogP contribution in [0.4, 0.5) is 15.8 Å². The maximum atomic E-state index is 13.2. The first-order valence-electron chi connectivity index (χ1n) is 7.89. The summed E-state index contributed by atoms with van der Waals surface area (Å²) in [5.41, 5.74) is 0.733. The van der Waals surface area contributed by atoms with E-state index in [0.29, 0.717) is 15.7 Å². The number of rotatable bonds is 5. The van der Waals surface area contributed by atoms with Crippen molar-refractivity contribution in [2.75, 3.05) is 10.0 Å². The molecule has 0 aromatic heterocycles. The number of hydrogen-bond acceptors (Lipinski definition) is 3. The van der Waals surface area contributed by atoms with E-state index < -0.39 is 21.7 Å². The zero-order chi connectivity index (χ0) is 20.3. The number of sulfonamides is 1. The number of halogens is 3. The predicted octanol–water partition coefficient (Wildman–Crippen LogP) is 5.19. The van der Waals surface area contributed by atoms with Gasteiger partial charge in [0.2, 0.25) is 0 Å². The Bertz CT molecular complexity index is 1120. The fourth-order valence-corrected chi connectivity index (χ4v) is 3.94. The molecule has 3 aromatic carbocycles. The van der Waals surface area contributed by atoms with Gasteiger partial charge in [-0.3, -0.25) is 9.52 Å². The average Bonchev–Trinajstić information content (AvgIpc) is 2.61. The Morgan fingerprint density at radius 1 is 0.857 bits per heavy atom. The van der Waals surface area contributed by atoms with Crippen molar-refractivity contribution < 1.29 is 17.6 Å². The number of benzene rings is 3. The first kappa shape index (κ1) is 20.1. The molecule has 0 radical (unpaired) electrons. The normalized spacial score (nSPS) is 11.1. The second-order valence-corrected chi connectivity index (χ2v) is 8.31. The maximum absolute atomic E-state index is 13.2. The van der Waals surface area contributed by atoms with Gasteiger partial charge in [-0.25, -0.2) is 12.8 Å². The molecule has 0 aliphatic rings. The van der Waals surface area contributed by atoms with Crippen LogP contribution in [-0.4, -0.2) is 14.3 Å². The molecule has 0 aliphatic heterocycles. The third-order valence-electron chi connectivity index (χ3n) is 3.62. The van der Waals surface area contributed by atoms with Crippen molar-refractivity contribution in [2.24, 2.45) is 0 Å².